The van der Waals surface area contributed by atoms with Crippen LogP contribution in [0.3, 0.4) is 0 Å². The van der Waals surface area contributed by atoms with Gasteiger partial charge in [0, 0.05) is 37.3 Å². The van der Waals surface area contributed by atoms with Gasteiger partial charge in [0.05, 0.1) is 18.2 Å². The molecule has 0 aliphatic carbocycles. The maximum atomic E-state index is 12.5. The van der Waals surface area contributed by atoms with E-state index < -0.39 is 0 Å². The molecule has 0 saturated carbocycles. The second-order valence-corrected chi connectivity index (χ2v) is 7.06. The van der Waals surface area contributed by atoms with Gasteiger partial charge in [-0.3, -0.25) is 14.5 Å². The van der Waals surface area contributed by atoms with Crippen LogP contribution in [0.4, 0.5) is 0 Å². The summed E-state index contributed by atoms with van der Waals surface area (Å²) in [4.78, 5) is 28.3. The number of benzene rings is 1. The zero-order chi connectivity index (χ0) is 17.7. The average Bonchev–Trinajstić information content (AvgIpc) is 2.53. The van der Waals surface area contributed by atoms with Crippen molar-refractivity contribution in [3.8, 4) is 6.07 Å². The molecule has 2 amide bonds. The Labute approximate surface area is 143 Å². The van der Waals surface area contributed by atoms with Crippen LogP contribution in [-0.4, -0.2) is 59.9 Å². The third-order valence-corrected chi connectivity index (χ3v) is 3.80. The van der Waals surface area contributed by atoms with E-state index in [4.69, 9.17) is 5.26 Å². The van der Waals surface area contributed by atoms with Crippen molar-refractivity contribution in [1.82, 2.24) is 15.1 Å². The first kappa shape index (κ1) is 18.0. The van der Waals surface area contributed by atoms with Crippen LogP contribution in [0.15, 0.2) is 24.3 Å². The monoisotopic (exact) mass is 328 g/mol. The molecule has 1 aromatic rings. The van der Waals surface area contributed by atoms with Crippen molar-refractivity contribution >= 4 is 11.8 Å². The SMILES string of the molecule is CC(C)(C)NC(=O)CN1CCN(C(=O)c2ccc(C#N)cc2)CC1. The fraction of sp³-hybridized carbons (Fsp3) is 0.500. The summed E-state index contributed by atoms with van der Waals surface area (Å²) in [5.41, 5.74) is 0.902. The molecule has 1 aromatic carbocycles. The third-order valence-electron chi connectivity index (χ3n) is 3.80. The molecule has 0 unspecified atom stereocenters. The van der Waals surface area contributed by atoms with E-state index in [1.165, 1.54) is 0 Å². The Hall–Kier alpha value is -2.39. The number of nitriles is 1. The summed E-state index contributed by atoms with van der Waals surface area (Å²) in [7, 11) is 0. The first-order valence-electron chi connectivity index (χ1n) is 8.11. The number of carbonyl (C=O) groups is 2. The Balaban J connectivity index is 1.84. The zero-order valence-electron chi connectivity index (χ0n) is 14.5. The highest BCUT2D eigenvalue weighted by molar-refractivity contribution is 5.94. The van der Waals surface area contributed by atoms with E-state index in [1.54, 1.807) is 29.2 Å². The molecule has 128 valence electrons. The average molecular weight is 328 g/mol. The molecule has 2 rings (SSSR count). The quantitative estimate of drug-likeness (QED) is 0.905. The largest absolute Gasteiger partial charge is 0.350 e. The molecule has 0 aromatic heterocycles. The number of nitrogens with one attached hydrogen (secondary N) is 1. The predicted molar refractivity (Wildman–Crippen MR) is 91.4 cm³/mol. The topological polar surface area (TPSA) is 76.4 Å². The highest BCUT2D eigenvalue weighted by Gasteiger charge is 2.24. The molecule has 0 radical (unpaired) electrons. The number of amides is 2. The Morgan fingerprint density at radius 1 is 1.12 bits per heavy atom. The third kappa shape index (κ3) is 5.07. The molecule has 0 atom stereocenters. The van der Waals surface area contributed by atoms with E-state index in [9.17, 15) is 9.59 Å². The first-order valence-corrected chi connectivity index (χ1v) is 8.11. The molecule has 0 spiro atoms. The molecule has 24 heavy (non-hydrogen) atoms. The molecule has 6 heteroatoms. The molecule has 6 nitrogen and oxygen atoms in total. The maximum Gasteiger partial charge on any atom is 0.253 e. The van der Waals surface area contributed by atoms with Gasteiger partial charge in [0.15, 0.2) is 0 Å². The van der Waals surface area contributed by atoms with Crippen molar-refractivity contribution in [3.63, 3.8) is 0 Å². The number of hydrogen-bond acceptors (Lipinski definition) is 4. The molecule has 1 N–H and O–H groups in total. The van der Waals surface area contributed by atoms with E-state index in [2.05, 4.69) is 10.2 Å². The minimum Gasteiger partial charge on any atom is -0.350 e. The summed E-state index contributed by atoms with van der Waals surface area (Å²) in [6, 6.07) is 8.72. The van der Waals surface area contributed by atoms with E-state index in [-0.39, 0.29) is 17.4 Å². The van der Waals surface area contributed by atoms with Crippen molar-refractivity contribution in [2.45, 2.75) is 26.3 Å². The maximum absolute atomic E-state index is 12.5. The van der Waals surface area contributed by atoms with E-state index >= 15 is 0 Å². The molecule has 1 aliphatic rings. The standard InChI is InChI=1S/C18H24N4O2/c1-18(2,3)20-16(23)13-21-8-10-22(11-9-21)17(24)15-6-4-14(12-19)5-7-15/h4-7H,8-11,13H2,1-3H3,(H,20,23). The summed E-state index contributed by atoms with van der Waals surface area (Å²) in [6.07, 6.45) is 0. The lowest BCUT2D eigenvalue weighted by Gasteiger charge is -2.35. The van der Waals surface area contributed by atoms with Gasteiger partial charge in [-0.25, -0.2) is 0 Å². The van der Waals surface area contributed by atoms with Crippen molar-refractivity contribution in [2.75, 3.05) is 32.7 Å². The number of hydrogen-bond donors (Lipinski definition) is 1. The summed E-state index contributed by atoms with van der Waals surface area (Å²) in [5, 5.41) is 11.8. The Bertz CT molecular complexity index is 632. The Morgan fingerprint density at radius 2 is 1.71 bits per heavy atom. The molecular formula is C18H24N4O2. The minimum absolute atomic E-state index is 0.00867. The smallest absolute Gasteiger partial charge is 0.253 e. The molecule has 1 heterocycles. The van der Waals surface area contributed by atoms with E-state index in [0.717, 1.165) is 0 Å². The summed E-state index contributed by atoms with van der Waals surface area (Å²) < 4.78 is 0. The van der Waals surface area contributed by atoms with Crippen LogP contribution < -0.4 is 5.32 Å². The van der Waals surface area contributed by atoms with Gasteiger partial charge >= 0.3 is 0 Å². The van der Waals surface area contributed by atoms with Crippen LogP contribution in [0.1, 0.15) is 36.7 Å². The molecule has 1 fully saturated rings. The van der Waals surface area contributed by atoms with Gasteiger partial charge in [-0.2, -0.15) is 5.26 Å². The lowest BCUT2D eigenvalue weighted by molar-refractivity contribution is -0.124. The zero-order valence-corrected chi connectivity index (χ0v) is 14.5. The second-order valence-electron chi connectivity index (χ2n) is 7.06. The van der Waals surface area contributed by atoms with Crippen LogP contribution >= 0.6 is 0 Å². The van der Waals surface area contributed by atoms with Gasteiger partial charge < -0.3 is 10.2 Å². The molecule has 1 saturated heterocycles. The summed E-state index contributed by atoms with van der Waals surface area (Å²) >= 11 is 0. The minimum atomic E-state index is -0.232. The predicted octanol–water partition coefficient (Wildman–Crippen LogP) is 1.23. The molecular weight excluding hydrogens is 304 g/mol. The van der Waals surface area contributed by atoms with Gasteiger partial charge in [0.2, 0.25) is 5.91 Å². The number of nitrogens with zero attached hydrogens (tertiary/aromatic N) is 3. The lowest BCUT2D eigenvalue weighted by atomic mass is 10.1. The summed E-state index contributed by atoms with van der Waals surface area (Å²) in [6.45, 7) is 8.79. The highest BCUT2D eigenvalue weighted by atomic mass is 16.2. The van der Waals surface area contributed by atoms with Crippen molar-refractivity contribution in [2.24, 2.45) is 0 Å². The van der Waals surface area contributed by atoms with E-state index in [1.807, 2.05) is 26.8 Å². The normalized spacial score (nSPS) is 15.7. The number of carbonyl (C=O) groups excluding carboxylic acids is 2. The van der Waals surface area contributed by atoms with Gasteiger partial charge in [-0.15, -0.1) is 0 Å². The highest BCUT2D eigenvalue weighted by Crippen LogP contribution is 2.10. The van der Waals surface area contributed by atoms with Crippen LogP contribution in [0.2, 0.25) is 0 Å². The van der Waals surface area contributed by atoms with Gasteiger partial charge in [0.25, 0.3) is 5.91 Å². The van der Waals surface area contributed by atoms with Crippen molar-refractivity contribution < 1.29 is 9.59 Å². The van der Waals surface area contributed by atoms with Crippen molar-refractivity contribution in [1.29, 1.82) is 5.26 Å². The lowest BCUT2D eigenvalue weighted by Crippen LogP contribution is -2.52. The van der Waals surface area contributed by atoms with Crippen LogP contribution in [0, 0.1) is 11.3 Å². The van der Waals surface area contributed by atoms with Gasteiger partial charge in [0.1, 0.15) is 0 Å². The van der Waals surface area contributed by atoms with Gasteiger partial charge in [-0.05, 0) is 45.0 Å². The fourth-order valence-electron chi connectivity index (χ4n) is 2.64. The van der Waals surface area contributed by atoms with E-state index in [0.29, 0.717) is 43.9 Å². The molecule has 0 bridgehead atoms. The van der Waals surface area contributed by atoms with Crippen LogP contribution in [0.25, 0.3) is 0 Å². The van der Waals surface area contributed by atoms with Gasteiger partial charge in [-0.1, -0.05) is 0 Å². The number of piperazine rings is 1. The fourth-order valence-corrected chi connectivity index (χ4v) is 2.64. The van der Waals surface area contributed by atoms with Crippen LogP contribution in [-0.2, 0) is 4.79 Å². The first-order chi connectivity index (χ1) is 11.3. The summed E-state index contributed by atoms with van der Waals surface area (Å²) in [5.74, 6) is -0.0207. The van der Waals surface area contributed by atoms with Crippen LogP contribution in [0.5, 0.6) is 0 Å². The Morgan fingerprint density at radius 3 is 2.21 bits per heavy atom. The number of rotatable bonds is 3. The Kier molecular flexibility index (Phi) is 5.58. The van der Waals surface area contributed by atoms with Crippen molar-refractivity contribution in [3.05, 3.63) is 35.4 Å². The molecule has 1 aliphatic heterocycles. The second kappa shape index (κ2) is 7.45.